The number of amides is 2. The Morgan fingerprint density at radius 1 is 0.947 bits per heavy atom. The smallest absolute Gasteiger partial charge is 0.261 e. The molecule has 202 valence electrons. The number of carbonyl (C=O) groups excluding carboxylic acids is 2. The molecular weight excluding hydrogens is 496 g/mol. The quantitative estimate of drug-likeness (QED) is 0.267. The van der Waals surface area contributed by atoms with Crippen LogP contribution in [0.2, 0.25) is 5.02 Å². The molecule has 38 heavy (non-hydrogen) atoms. The van der Waals surface area contributed by atoms with E-state index in [0.29, 0.717) is 23.7 Å². The van der Waals surface area contributed by atoms with Gasteiger partial charge in [-0.25, -0.2) is 0 Å². The van der Waals surface area contributed by atoms with Crippen molar-refractivity contribution in [3.05, 3.63) is 101 Å². The van der Waals surface area contributed by atoms with Crippen molar-refractivity contribution in [2.45, 2.75) is 65.0 Å². The summed E-state index contributed by atoms with van der Waals surface area (Å²) in [7, 11) is 0. The van der Waals surface area contributed by atoms with Crippen LogP contribution in [0.3, 0.4) is 0 Å². The standard InChI is InChI=1S/C32H39ClN2O3/c1-5-6-19-34-31(37)28(21-24-13-8-7-9-14-24)35(22-25-15-12-16-26(33)20-25)30(36)23-38-29-18-11-10-17-27(29)32(2,3)4/h7-18,20,28H,5-6,19,21-23H2,1-4H3,(H,34,37). The molecule has 6 heteroatoms. The number of benzene rings is 3. The van der Waals surface area contributed by atoms with Crippen LogP contribution in [0.25, 0.3) is 0 Å². The van der Waals surface area contributed by atoms with Gasteiger partial charge in [0.25, 0.3) is 5.91 Å². The summed E-state index contributed by atoms with van der Waals surface area (Å²) in [6, 6.07) is 24.2. The molecule has 5 nitrogen and oxygen atoms in total. The highest BCUT2D eigenvalue weighted by molar-refractivity contribution is 6.30. The lowest BCUT2D eigenvalue weighted by Crippen LogP contribution is -2.51. The van der Waals surface area contributed by atoms with Crippen molar-refractivity contribution in [1.29, 1.82) is 0 Å². The molecule has 1 unspecified atom stereocenters. The molecular formula is C32H39ClN2O3. The number of hydrogen-bond acceptors (Lipinski definition) is 3. The van der Waals surface area contributed by atoms with Crippen molar-refractivity contribution in [1.82, 2.24) is 10.2 Å². The Labute approximate surface area is 232 Å². The first kappa shape index (κ1) is 29.2. The highest BCUT2D eigenvalue weighted by Crippen LogP contribution is 2.31. The minimum Gasteiger partial charge on any atom is -0.483 e. The number of ether oxygens (including phenoxy) is 1. The fraction of sp³-hybridized carbons (Fsp3) is 0.375. The minimum atomic E-state index is -0.706. The second kappa shape index (κ2) is 14.0. The van der Waals surface area contributed by atoms with E-state index in [2.05, 4.69) is 33.0 Å². The zero-order valence-electron chi connectivity index (χ0n) is 22.9. The van der Waals surface area contributed by atoms with Crippen molar-refractivity contribution in [3.63, 3.8) is 0 Å². The monoisotopic (exact) mass is 534 g/mol. The van der Waals surface area contributed by atoms with E-state index in [9.17, 15) is 9.59 Å². The zero-order valence-corrected chi connectivity index (χ0v) is 23.6. The molecule has 3 aromatic rings. The normalized spacial score (nSPS) is 12.0. The second-order valence-electron chi connectivity index (χ2n) is 10.5. The Kier molecular flexibility index (Phi) is 10.8. The summed E-state index contributed by atoms with van der Waals surface area (Å²) in [6.07, 6.45) is 2.23. The van der Waals surface area contributed by atoms with E-state index in [1.165, 1.54) is 0 Å². The molecule has 0 aliphatic rings. The van der Waals surface area contributed by atoms with Crippen LogP contribution in [0, 0.1) is 0 Å². The van der Waals surface area contributed by atoms with E-state index < -0.39 is 6.04 Å². The maximum absolute atomic E-state index is 13.8. The third kappa shape index (κ3) is 8.63. The van der Waals surface area contributed by atoms with Gasteiger partial charge in [0.05, 0.1) is 0 Å². The Morgan fingerprint density at radius 2 is 1.63 bits per heavy atom. The molecule has 1 N–H and O–H groups in total. The Balaban J connectivity index is 1.92. The number of nitrogens with one attached hydrogen (secondary N) is 1. The summed E-state index contributed by atoms with van der Waals surface area (Å²) in [5.41, 5.74) is 2.70. The second-order valence-corrected chi connectivity index (χ2v) is 11.0. The molecule has 0 radical (unpaired) electrons. The first-order chi connectivity index (χ1) is 18.2. The first-order valence-electron chi connectivity index (χ1n) is 13.3. The van der Waals surface area contributed by atoms with Crippen LogP contribution in [0.1, 0.15) is 57.2 Å². The largest absolute Gasteiger partial charge is 0.483 e. The van der Waals surface area contributed by atoms with Gasteiger partial charge < -0.3 is 15.0 Å². The first-order valence-corrected chi connectivity index (χ1v) is 13.6. The lowest BCUT2D eigenvalue weighted by Gasteiger charge is -2.32. The molecule has 1 atom stereocenters. The van der Waals surface area contributed by atoms with E-state index in [1.54, 1.807) is 11.0 Å². The fourth-order valence-corrected chi connectivity index (χ4v) is 4.54. The summed E-state index contributed by atoms with van der Waals surface area (Å²) in [6.45, 7) is 9.03. The number of unbranched alkanes of at least 4 members (excludes halogenated alkanes) is 1. The molecule has 2 amide bonds. The Morgan fingerprint density at radius 3 is 2.32 bits per heavy atom. The van der Waals surface area contributed by atoms with Gasteiger partial charge in [0.1, 0.15) is 11.8 Å². The molecule has 0 spiro atoms. The van der Waals surface area contributed by atoms with Crippen LogP contribution in [0.5, 0.6) is 5.75 Å². The number of carbonyl (C=O) groups is 2. The number of rotatable bonds is 12. The summed E-state index contributed by atoms with van der Waals surface area (Å²) in [4.78, 5) is 29.0. The highest BCUT2D eigenvalue weighted by atomic mass is 35.5. The topological polar surface area (TPSA) is 58.6 Å². The number of nitrogens with zero attached hydrogens (tertiary/aromatic N) is 1. The van der Waals surface area contributed by atoms with Gasteiger partial charge in [-0.15, -0.1) is 0 Å². The third-order valence-electron chi connectivity index (χ3n) is 6.39. The highest BCUT2D eigenvalue weighted by Gasteiger charge is 2.31. The van der Waals surface area contributed by atoms with Crippen molar-refractivity contribution < 1.29 is 14.3 Å². The van der Waals surface area contributed by atoms with Gasteiger partial charge >= 0.3 is 0 Å². The van der Waals surface area contributed by atoms with Gasteiger partial charge in [-0.3, -0.25) is 9.59 Å². The van der Waals surface area contributed by atoms with Gasteiger partial charge in [-0.05, 0) is 46.7 Å². The molecule has 0 aliphatic carbocycles. The molecule has 0 saturated heterocycles. The van der Waals surface area contributed by atoms with Crippen LogP contribution >= 0.6 is 11.6 Å². The van der Waals surface area contributed by atoms with Gasteiger partial charge in [0.15, 0.2) is 6.61 Å². The van der Waals surface area contributed by atoms with E-state index in [1.807, 2.05) is 72.8 Å². The van der Waals surface area contributed by atoms with Crippen molar-refractivity contribution >= 4 is 23.4 Å². The number of halogens is 1. The molecule has 3 aromatic carbocycles. The van der Waals surface area contributed by atoms with E-state index in [4.69, 9.17) is 16.3 Å². The van der Waals surface area contributed by atoms with Gasteiger partial charge in [-0.1, -0.05) is 106 Å². The van der Waals surface area contributed by atoms with Crippen LogP contribution in [0.15, 0.2) is 78.9 Å². The zero-order chi connectivity index (χ0) is 27.5. The predicted octanol–water partition coefficient (Wildman–Crippen LogP) is 6.57. The summed E-state index contributed by atoms with van der Waals surface area (Å²) in [5, 5.41) is 3.62. The van der Waals surface area contributed by atoms with Crippen molar-refractivity contribution in [3.8, 4) is 5.75 Å². The molecule has 0 bridgehead atoms. The van der Waals surface area contributed by atoms with Crippen LogP contribution in [0.4, 0.5) is 0 Å². The summed E-state index contributed by atoms with van der Waals surface area (Å²) in [5.74, 6) is 0.232. The Bertz CT molecular complexity index is 1190. The van der Waals surface area contributed by atoms with Gasteiger partial charge in [-0.2, -0.15) is 0 Å². The number of para-hydroxylation sites is 1. The predicted molar refractivity (Wildman–Crippen MR) is 154 cm³/mol. The van der Waals surface area contributed by atoms with Gasteiger partial charge in [0, 0.05) is 24.5 Å². The lowest BCUT2D eigenvalue weighted by atomic mass is 9.86. The maximum atomic E-state index is 13.8. The van der Waals surface area contributed by atoms with Crippen molar-refractivity contribution in [2.75, 3.05) is 13.2 Å². The molecule has 0 aromatic heterocycles. The van der Waals surface area contributed by atoms with Crippen LogP contribution in [-0.2, 0) is 28.0 Å². The maximum Gasteiger partial charge on any atom is 0.261 e. The minimum absolute atomic E-state index is 0.144. The SMILES string of the molecule is CCCCNC(=O)C(Cc1ccccc1)N(Cc1cccc(Cl)c1)C(=O)COc1ccccc1C(C)(C)C. The summed E-state index contributed by atoms with van der Waals surface area (Å²) >= 11 is 6.26. The molecule has 3 rings (SSSR count). The number of hydrogen-bond donors (Lipinski definition) is 1. The van der Waals surface area contributed by atoms with E-state index in [-0.39, 0.29) is 30.4 Å². The van der Waals surface area contributed by atoms with Crippen LogP contribution in [-0.4, -0.2) is 35.9 Å². The van der Waals surface area contributed by atoms with Gasteiger partial charge in [0.2, 0.25) is 5.91 Å². The van der Waals surface area contributed by atoms with E-state index >= 15 is 0 Å². The molecule has 0 fully saturated rings. The fourth-order valence-electron chi connectivity index (χ4n) is 4.33. The average Bonchev–Trinajstić information content (AvgIpc) is 2.89. The summed E-state index contributed by atoms with van der Waals surface area (Å²) < 4.78 is 6.10. The lowest BCUT2D eigenvalue weighted by molar-refractivity contribution is -0.142. The molecule has 0 aliphatic heterocycles. The van der Waals surface area contributed by atoms with Crippen molar-refractivity contribution in [2.24, 2.45) is 0 Å². The molecule has 0 saturated carbocycles. The van der Waals surface area contributed by atoms with E-state index in [0.717, 1.165) is 29.5 Å². The average molecular weight is 535 g/mol. The molecule has 0 heterocycles. The van der Waals surface area contributed by atoms with Crippen LogP contribution < -0.4 is 10.1 Å². The Hall–Kier alpha value is -3.31. The third-order valence-corrected chi connectivity index (χ3v) is 6.62.